The van der Waals surface area contributed by atoms with Gasteiger partial charge in [0, 0.05) is 30.5 Å². The van der Waals surface area contributed by atoms with E-state index in [1.807, 2.05) is 6.20 Å². The van der Waals surface area contributed by atoms with Crippen molar-refractivity contribution in [3.05, 3.63) is 30.9 Å². The molecule has 0 spiro atoms. The Morgan fingerprint density at radius 1 is 1.17 bits per heavy atom. The summed E-state index contributed by atoms with van der Waals surface area (Å²) in [6.45, 7) is 0.877. The van der Waals surface area contributed by atoms with Crippen molar-refractivity contribution in [3.63, 3.8) is 0 Å². The van der Waals surface area contributed by atoms with Gasteiger partial charge in [-0.05, 0) is 67.8 Å². The summed E-state index contributed by atoms with van der Waals surface area (Å²) >= 11 is 0. The Morgan fingerprint density at radius 2 is 1.90 bits per heavy atom. The van der Waals surface area contributed by atoms with Crippen LogP contribution in [0.3, 0.4) is 0 Å². The van der Waals surface area contributed by atoms with Crippen molar-refractivity contribution in [2.75, 3.05) is 5.32 Å². The number of nitrogens with one attached hydrogen (secondary N) is 1. The van der Waals surface area contributed by atoms with E-state index in [4.69, 9.17) is 10.1 Å². The lowest BCUT2D eigenvalue weighted by molar-refractivity contribution is -0.137. The summed E-state index contributed by atoms with van der Waals surface area (Å²) in [4.78, 5) is 20.1. The molecule has 4 bridgehead atoms. The largest absolute Gasteiger partial charge is 0.480 e. The van der Waals surface area contributed by atoms with E-state index in [0.717, 1.165) is 35.3 Å². The highest BCUT2D eigenvalue weighted by Gasteiger charge is 2.50. The van der Waals surface area contributed by atoms with Crippen LogP contribution in [0.25, 0.3) is 11.0 Å². The van der Waals surface area contributed by atoms with Crippen molar-refractivity contribution in [2.24, 2.45) is 23.2 Å². The van der Waals surface area contributed by atoms with Crippen LogP contribution in [0.5, 0.6) is 0 Å². The van der Waals surface area contributed by atoms with Gasteiger partial charge >= 0.3 is 5.97 Å². The third-order valence-electron chi connectivity index (χ3n) is 7.36. The summed E-state index contributed by atoms with van der Waals surface area (Å²) in [5, 5.41) is 17.2. The summed E-state index contributed by atoms with van der Waals surface area (Å²) in [7, 11) is 0. The van der Waals surface area contributed by atoms with Crippen LogP contribution in [-0.2, 0) is 17.9 Å². The third-order valence-corrected chi connectivity index (χ3v) is 7.36. The van der Waals surface area contributed by atoms with E-state index in [1.165, 1.54) is 43.2 Å². The number of carboxylic acid groups (broad SMARTS) is 1. The molecule has 8 heteroatoms. The second-order valence-electron chi connectivity index (χ2n) is 9.78. The molecule has 7 rings (SSSR count). The highest BCUT2D eigenvalue weighted by molar-refractivity contribution is 5.76. The van der Waals surface area contributed by atoms with Gasteiger partial charge in [0.15, 0.2) is 0 Å². The van der Waals surface area contributed by atoms with Crippen molar-refractivity contribution < 1.29 is 9.90 Å². The van der Waals surface area contributed by atoms with Crippen molar-refractivity contribution in [1.82, 2.24) is 24.3 Å². The second kappa shape index (κ2) is 6.55. The molecule has 0 atom stereocenters. The molecular weight excluding hydrogens is 380 g/mol. The van der Waals surface area contributed by atoms with Gasteiger partial charge in [-0.3, -0.25) is 9.48 Å². The van der Waals surface area contributed by atoms with Crippen LogP contribution in [0, 0.1) is 23.2 Å². The van der Waals surface area contributed by atoms with Crippen LogP contribution < -0.4 is 5.32 Å². The molecule has 4 aliphatic carbocycles. The molecule has 3 aromatic heterocycles. The van der Waals surface area contributed by atoms with E-state index in [-0.39, 0.29) is 6.54 Å². The Kier molecular flexibility index (Phi) is 3.91. The molecule has 30 heavy (non-hydrogen) atoms. The quantitative estimate of drug-likeness (QED) is 0.648. The Labute approximate surface area is 174 Å². The Bertz CT molecular complexity index is 1080. The van der Waals surface area contributed by atoms with E-state index >= 15 is 0 Å². The summed E-state index contributed by atoms with van der Waals surface area (Å²) in [6, 6.07) is 2.10. The fourth-order valence-corrected chi connectivity index (χ4v) is 6.79. The van der Waals surface area contributed by atoms with Crippen LogP contribution in [0.15, 0.2) is 30.9 Å². The number of aliphatic carboxylic acids is 1. The van der Waals surface area contributed by atoms with Crippen LogP contribution >= 0.6 is 0 Å². The van der Waals surface area contributed by atoms with Gasteiger partial charge in [-0.1, -0.05) is 0 Å². The number of nitrogens with zero attached hydrogens (tertiary/aromatic N) is 5. The van der Waals surface area contributed by atoms with Gasteiger partial charge in [-0.2, -0.15) is 10.1 Å². The molecule has 3 aromatic rings. The van der Waals surface area contributed by atoms with Crippen LogP contribution in [0.2, 0.25) is 0 Å². The zero-order chi connectivity index (χ0) is 20.3. The predicted molar refractivity (Wildman–Crippen MR) is 111 cm³/mol. The van der Waals surface area contributed by atoms with Crippen molar-refractivity contribution in [3.8, 4) is 0 Å². The standard InChI is InChI=1S/C22H26N6O2/c29-19(30)12-28-11-18(10-24-28)25-21-23-9-17-1-2-27(20(17)26-21)13-22-6-14-3-15(7-22)5-16(4-14)8-22/h1-2,9-11,14-16H,3-8,12-13H2,(H,29,30)(H,23,25,26). The molecule has 4 saturated carbocycles. The average molecular weight is 406 g/mol. The Morgan fingerprint density at radius 3 is 2.60 bits per heavy atom. The summed E-state index contributed by atoms with van der Waals surface area (Å²) in [6.07, 6.45) is 15.7. The first-order chi connectivity index (χ1) is 14.5. The van der Waals surface area contributed by atoms with E-state index in [1.54, 1.807) is 12.4 Å². The van der Waals surface area contributed by atoms with E-state index in [2.05, 4.69) is 32.2 Å². The molecule has 0 amide bonds. The first-order valence-corrected chi connectivity index (χ1v) is 10.9. The molecule has 156 valence electrons. The molecule has 0 saturated heterocycles. The molecule has 0 radical (unpaired) electrons. The van der Waals surface area contributed by atoms with Crippen LogP contribution in [0.4, 0.5) is 11.6 Å². The fraction of sp³-hybridized carbons (Fsp3) is 0.545. The lowest BCUT2D eigenvalue weighted by Crippen LogP contribution is -2.47. The SMILES string of the molecule is O=C(O)Cn1cc(Nc2ncc3ccn(CC45CC6CC(CC(C6)C4)C5)c3n2)cn1. The molecule has 0 aromatic carbocycles. The lowest BCUT2D eigenvalue weighted by atomic mass is 9.49. The molecule has 4 fully saturated rings. The van der Waals surface area contributed by atoms with Crippen molar-refractivity contribution in [2.45, 2.75) is 51.6 Å². The van der Waals surface area contributed by atoms with E-state index < -0.39 is 5.97 Å². The molecule has 0 unspecified atom stereocenters. The van der Waals surface area contributed by atoms with Crippen molar-refractivity contribution >= 4 is 28.6 Å². The maximum Gasteiger partial charge on any atom is 0.325 e. The van der Waals surface area contributed by atoms with Gasteiger partial charge in [0.1, 0.15) is 12.2 Å². The minimum atomic E-state index is -0.926. The normalized spacial score (nSPS) is 29.5. The predicted octanol–water partition coefficient (Wildman–Crippen LogP) is 3.67. The van der Waals surface area contributed by atoms with E-state index in [0.29, 0.717) is 17.1 Å². The van der Waals surface area contributed by atoms with Gasteiger partial charge in [0.2, 0.25) is 5.95 Å². The number of hydrogen-bond acceptors (Lipinski definition) is 5. The van der Waals surface area contributed by atoms with Gasteiger partial charge in [-0.15, -0.1) is 0 Å². The average Bonchev–Trinajstić information content (AvgIpc) is 3.27. The number of carboxylic acids is 1. The zero-order valence-electron chi connectivity index (χ0n) is 16.9. The van der Waals surface area contributed by atoms with Gasteiger partial charge in [-0.25, -0.2) is 4.98 Å². The maximum atomic E-state index is 10.8. The highest BCUT2D eigenvalue weighted by atomic mass is 16.4. The number of fused-ring (bicyclic) bond motifs is 1. The van der Waals surface area contributed by atoms with E-state index in [9.17, 15) is 4.79 Å². The Hall–Kier alpha value is -2.90. The van der Waals surface area contributed by atoms with Crippen LogP contribution in [-0.4, -0.2) is 35.4 Å². The lowest BCUT2D eigenvalue weighted by Gasteiger charge is -2.57. The number of aromatic nitrogens is 5. The minimum Gasteiger partial charge on any atom is -0.480 e. The molecule has 0 aliphatic heterocycles. The second-order valence-corrected chi connectivity index (χ2v) is 9.78. The summed E-state index contributed by atoms with van der Waals surface area (Å²) in [5.41, 5.74) is 2.08. The summed E-state index contributed by atoms with van der Waals surface area (Å²) in [5.74, 6) is 2.39. The van der Waals surface area contributed by atoms with Gasteiger partial charge in [0.25, 0.3) is 0 Å². The topological polar surface area (TPSA) is 97.9 Å². The summed E-state index contributed by atoms with van der Waals surface area (Å²) < 4.78 is 3.70. The van der Waals surface area contributed by atoms with Crippen molar-refractivity contribution in [1.29, 1.82) is 0 Å². The number of anilines is 2. The monoisotopic (exact) mass is 406 g/mol. The minimum absolute atomic E-state index is 0.171. The van der Waals surface area contributed by atoms with Crippen LogP contribution in [0.1, 0.15) is 38.5 Å². The smallest absolute Gasteiger partial charge is 0.325 e. The number of rotatable bonds is 6. The third kappa shape index (κ3) is 3.14. The molecule has 4 aliphatic rings. The number of carbonyl (C=O) groups is 1. The first-order valence-electron chi connectivity index (χ1n) is 10.9. The molecule has 8 nitrogen and oxygen atoms in total. The molecular formula is C22H26N6O2. The van der Waals surface area contributed by atoms with Gasteiger partial charge < -0.3 is 15.0 Å². The number of hydrogen-bond donors (Lipinski definition) is 2. The first kappa shape index (κ1) is 17.9. The highest BCUT2D eigenvalue weighted by Crippen LogP contribution is 2.60. The molecule has 2 N–H and O–H groups in total. The fourth-order valence-electron chi connectivity index (χ4n) is 6.79. The molecule has 3 heterocycles. The zero-order valence-corrected chi connectivity index (χ0v) is 16.9. The maximum absolute atomic E-state index is 10.8. The van der Waals surface area contributed by atoms with Gasteiger partial charge in [0.05, 0.1) is 11.9 Å². The Balaban J connectivity index is 1.25.